The van der Waals surface area contributed by atoms with Gasteiger partial charge in [0.25, 0.3) is 0 Å². The predicted octanol–water partition coefficient (Wildman–Crippen LogP) is 10.5. The molecule has 9 rings (SSSR count). The van der Waals surface area contributed by atoms with Crippen LogP contribution in [0.15, 0.2) is 134 Å². The number of imidazole rings is 1. The third kappa shape index (κ3) is 3.07. The molecule has 0 spiro atoms. The zero-order valence-electron chi connectivity index (χ0n) is 21.5. The molecule has 186 valence electrons. The van der Waals surface area contributed by atoms with Crippen molar-refractivity contribution in [2.24, 2.45) is 0 Å². The van der Waals surface area contributed by atoms with Crippen molar-refractivity contribution in [2.75, 3.05) is 0 Å². The Kier molecular flexibility index (Phi) is 4.52. The van der Waals surface area contributed by atoms with E-state index in [9.17, 15) is 0 Å². The summed E-state index contributed by atoms with van der Waals surface area (Å²) >= 11 is 1.81. The average Bonchev–Trinajstić information content (AvgIpc) is 3.55. The molecule has 3 heterocycles. The number of benzene rings is 6. The second-order valence-electron chi connectivity index (χ2n) is 10.4. The molecule has 2 nitrogen and oxygen atoms in total. The first-order valence-corrected chi connectivity index (χ1v) is 14.4. The highest BCUT2D eigenvalue weighted by molar-refractivity contribution is 7.25. The summed E-state index contributed by atoms with van der Waals surface area (Å²) in [7, 11) is 0. The monoisotopic (exact) mass is 526 g/mol. The first-order valence-electron chi connectivity index (χ1n) is 13.6. The van der Waals surface area contributed by atoms with Gasteiger partial charge < -0.3 is 0 Å². The molecule has 0 amide bonds. The zero-order valence-corrected chi connectivity index (χ0v) is 22.3. The van der Waals surface area contributed by atoms with Gasteiger partial charge in [-0.15, -0.1) is 11.3 Å². The minimum Gasteiger partial charge on any atom is -0.291 e. The van der Waals surface area contributed by atoms with Gasteiger partial charge in [-0.2, -0.15) is 0 Å². The molecule has 0 unspecified atom stereocenters. The highest BCUT2D eigenvalue weighted by Gasteiger charge is 2.18. The molecule has 0 saturated carbocycles. The second-order valence-corrected chi connectivity index (χ2v) is 11.4. The van der Waals surface area contributed by atoms with Crippen molar-refractivity contribution in [3.63, 3.8) is 0 Å². The van der Waals surface area contributed by atoms with E-state index in [1.807, 2.05) is 11.3 Å². The van der Waals surface area contributed by atoms with Crippen LogP contribution in [0.2, 0.25) is 0 Å². The first kappa shape index (κ1) is 21.9. The number of rotatable bonds is 2. The number of nitrogens with zero attached hydrogens (tertiary/aromatic N) is 2. The highest BCUT2D eigenvalue weighted by atomic mass is 32.1. The Bertz CT molecular complexity index is 2390. The van der Waals surface area contributed by atoms with E-state index in [0.717, 1.165) is 11.2 Å². The van der Waals surface area contributed by atoms with E-state index in [-0.39, 0.29) is 0 Å². The van der Waals surface area contributed by atoms with Crippen molar-refractivity contribution < 1.29 is 0 Å². The average molecular weight is 527 g/mol. The normalized spacial score (nSPS) is 12.0. The molecule has 0 aliphatic rings. The van der Waals surface area contributed by atoms with Crippen LogP contribution < -0.4 is 0 Å². The van der Waals surface area contributed by atoms with Crippen molar-refractivity contribution in [1.82, 2.24) is 9.38 Å². The van der Waals surface area contributed by atoms with Crippen molar-refractivity contribution in [2.45, 2.75) is 0 Å². The Morgan fingerprint density at radius 1 is 0.500 bits per heavy atom. The summed E-state index contributed by atoms with van der Waals surface area (Å²) in [5, 5.41) is 8.82. The molecule has 40 heavy (non-hydrogen) atoms. The fourth-order valence-corrected chi connectivity index (χ4v) is 7.52. The maximum absolute atomic E-state index is 5.01. The summed E-state index contributed by atoms with van der Waals surface area (Å²) < 4.78 is 3.46. The van der Waals surface area contributed by atoms with Crippen LogP contribution in [0.5, 0.6) is 0 Å². The number of thiophene rings is 1. The number of fused-ring (bicyclic) bond motifs is 8. The van der Waals surface area contributed by atoms with E-state index >= 15 is 0 Å². The van der Waals surface area contributed by atoms with Gasteiger partial charge in [-0.25, -0.2) is 4.98 Å². The molecule has 0 radical (unpaired) electrons. The lowest BCUT2D eigenvalue weighted by atomic mass is 9.85. The third-order valence-electron chi connectivity index (χ3n) is 8.19. The molecule has 0 aliphatic heterocycles. The molecule has 0 N–H and O–H groups in total. The molecule has 0 atom stereocenters. The second kappa shape index (κ2) is 8.25. The van der Waals surface area contributed by atoms with Crippen LogP contribution in [0.4, 0.5) is 0 Å². The van der Waals surface area contributed by atoms with Gasteiger partial charge in [0.2, 0.25) is 0 Å². The van der Waals surface area contributed by atoms with Gasteiger partial charge >= 0.3 is 0 Å². The van der Waals surface area contributed by atoms with E-state index in [2.05, 4.69) is 138 Å². The van der Waals surface area contributed by atoms with Gasteiger partial charge in [-0.1, -0.05) is 97.1 Å². The Labute approximate surface area is 234 Å². The van der Waals surface area contributed by atoms with E-state index in [1.165, 1.54) is 69.5 Å². The topological polar surface area (TPSA) is 17.3 Å². The van der Waals surface area contributed by atoms with Gasteiger partial charge in [0, 0.05) is 16.3 Å². The molecule has 3 heteroatoms. The van der Waals surface area contributed by atoms with Gasteiger partial charge in [0.1, 0.15) is 16.0 Å². The van der Waals surface area contributed by atoms with Crippen LogP contribution in [0, 0.1) is 0 Å². The molecule has 6 aromatic carbocycles. The minimum atomic E-state index is 0.992. The lowest BCUT2D eigenvalue weighted by Crippen LogP contribution is -1.91. The lowest BCUT2D eigenvalue weighted by Gasteiger charge is -2.18. The molecule has 0 fully saturated rings. The van der Waals surface area contributed by atoms with Crippen molar-refractivity contribution >= 4 is 69.7 Å². The number of hydrogen-bond donors (Lipinski definition) is 0. The van der Waals surface area contributed by atoms with Crippen LogP contribution in [0.1, 0.15) is 0 Å². The molecular formula is C37H22N2S. The summed E-state index contributed by atoms with van der Waals surface area (Å²) in [5.41, 5.74) is 7.11. The smallest absolute Gasteiger partial charge is 0.138 e. The zero-order chi connectivity index (χ0) is 26.2. The molecule has 0 saturated heterocycles. The molecule has 0 aliphatic carbocycles. The van der Waals surface area contributed by atoms with E-state index < -0.39 is 0 Å². The molecule has 0 bridgehead atoms. The van der Waals surface area contributed by atoms with Crippen LogP contribution in [-0.4, -0.2) is 9.38 Å². The summed E-state index contributed by atoms with van der Waals surface area (Å²) in [6, 6.07) is 46.3. The van der Waals surface area contributed by atoms with Crippen LogP contribution in [0.3, 0.4) is 0 Å². The fourth-order valence-electron chi connectivity index (χ4n) is 6.41. The van der Waals surface area contributed by atoms with Gasteiger partial charge in [-0.05, 0) is 84.9 Å². The maximum Gasteiger partial charge on any atom is 0.138 e. The Morgan fingerprint density at radius 3 is 1.82 bits per heavy atom. The third-order valence-corrected chi connectivity index (χ3v) is 9.35. The number of pyridine rings is 1. The molecule has 9 aromatic rings. The summed E-state index contributed by atoms with van der Waals surface area (Å²) in [6.45, 7) is 0. The maximum atomic E-state index is 5.01. The summed E-state index contributed by atoms with van der Waals surface area (Å²) in [6.07, 6.45) is 2.10. The minimum absolute atomic E-state index is 0.992. The molecular weight excluding hydrogens is 504 g/mol. The Balaban J connectivity index is 1.37. The van der Waals surface area contributed by atoms with E-state index in [1.54, 1.807) is 0 Å². The number of aromatic nitrogens is 2. The Morgan fingerprint density at radius 2 is 1.10 bits per heavy atom. The van der Waals surface area contributed by atoms with Gasteiger partial charge in [-0.3, -0.25) is 4.40 Å². The van der Waals surface area contributed by atoms with E-state index in [4.69, 9.17) is 4.98 Å². The predicted molar refractivity (Wildman–Crippen MR) is 171 cm³/mol. The van der Waals surface area contributed by atoms with Crippen molar-refractivity contribution in [1.29, 1.82) is 0 Å². The first-order chi connectivity index (χ1) is 19.8. The number of hydrogen-bond acceptors (Lipinski definition) is 2. The standard InChI is InChI=1S/C37H22N2S/c1-2-10-24-21-25(17-16-23(24)9-1)34-27-11-3-5-13-29(27)35(30-14-6-4-12-28(30)34)26-18-19-32-31(22-26)36-37(40-32)39-20-8-7-15-33(39)38-36/h1-22H. The van der Waals surface area contributed by atoms with Crippen molar-refractivity contribution in [3.8, 4) is 22.3 Å². The molecule has 3 aromatic heterocycles. The van der Waals surface area contributed by atoms with Gasteiger partial charge in [0.15, 0.2) is 0 Å². The SMILES string of the molecule is c1ccc2cc(-c3c4ccccc4c(-c4ccc5sc6c(nc7ccccn76)c5c4)c4ccccc34)ccc2c1. The van der Waals surface area contributed by atoms with Crippen molar-refractivity contribution in [3.05, 3.63) is 134 Å². The van der Waals surface area contributed by atoms with Crippen LogP contribution >= 0.6 is 11.3 Å². The van der Waals surface area contributed by atoms with Crippen LogP contribution in [-0.2, 0) is 0 Å². The summed E-state index contributed by atoms with van der Waals surface area (Å²) in [4.78, 5) is 6.21. The fraction of sp³-hybridized carbons (Fsp3) is 0. The quantitative estimate of drug-likeness (QED) is 0.205. The Hall–Kier alpha value is -4.99. The summed E-state index contributed by atoms with van der Waals surface area (Å²) in [5.74, 6) is 0. The lowest BCUT2D eigenvalue weighted by molar-refractivity contribution is 1.24. The largest absolute Gasteiger partial charge is 0.291 e. The van der Waals surface area contributed by atoms with Crippen LogP contribution in [0.25, 0.3) is 80.7 Å². The van der Waals surface area contributed by atoms with E-state index in [0.29, 0.717) is 0 Å². The van der Waals surface area contributed by atoms with Gasteiger partial charge in [0.05, 0.1) is 0 Å². The highest BCUT2D eigenvalue weighted by Crippen LogP contribution is 2.45.